The molecule has 1 atom stereocenters. The Bertz CT molecular complexity index is 596. The van der Waals surface area contributed by atoms with Crippen LogP contribution in [0.4, 0.5) is 13.2 Å². The zero-order valence-electron chi connectivity index (χ0n) is 10.5. The van der Waals surface area contributed by atoms with Gasteiger partial charge in [0.1, 0.15) is 17.5 Å². The van der Waals surface area contributed by atoms with Gasteiger partial charge < -0.3 is 5.73 Å². The summed E-state index contributed by atoms with van der Waals surface area (Å²) in [5, 5.41) is 0. The largest absolute Gasteiger partial charge is 0.324 e. The smallest absolute Gasteiger partial charge is 0.130 e. The van der Waals surface area contributed by atoms with Crippen molar-refractivity contribution in [1.29, 1.82) is 0 Å². The van der Waals surface area contributed by atoms with Gasteiger partial charge in [-0.25, -0.2) is 13.2 Å². The van der Waals surface area contributed by atoms with Crippen LogP contribution >= 0.6 is 0 Å². The van der Waals surface area contributed by atoms with Gasteiger partial charge in [0, 0.05) is 17.7 Å². The maximum atomic E-state index is 13.7. The minimum absolute atomic E-state index is 0.161. The molecule has 0 spiro atoms. The van der Waals surface area contributed by atoms with E-state index in [0.717, 1.165) is 6.07 Å². The van der Waals surface area contributed by atoms with Gasteiger partial charge >= 0.3 is 0 Å². The third-order valence-corrected chi connectivity index (χ3v) is 3.08. The first-order valence-corrected chi connectivity index (χ1v) is 5.93. The maximum absolute atomic E-state index is 13.7. The Morgan fingerprint density at radius 3 is 2.37 bits per heavy atom. The summed E-state index contributed by atoms with van der Waals surface area (Å²) in [5.41, 5.74) is 6.82. The zero-order valence-corrected chi connectivity index (χ0v) is 10.5. The predicted octanol–water partition coefficient (Wildman–Crippen LogP) is 3.65. The highest BCUT2D eigenvalue weighted by Crippen LogP contribution is 2.23. The van der Waals surface area contributed by atoms with E-state index in [-0.39, 0.29) is 17.8 Å². The molecule has 0 radical (unpaired) electrons. The standard InChI is InChI=1S/C15H14F3N/c1-9-6-11(14(18)8-13(9)17)15(19)7-10-4-2-3-5-12(10)16/h2-6,8,15H,7,19H2,1H3. The first-order chi connectivity index (χ1) is 8.99. The molecule has 0 aromatic heterocycles. The number of hydrogen-bond acceptors (Lipinski definition) is 1. The Labute approximate surface area is 109 Å². The van der Waals surface area contributed by atoms with E-state index in [1.807, 2.05) is 0 Å². The van der Waals surface area contributed by atoms with Crippen molar-refractivity contribution >= 4 is 0 Å². The molecule has 0 heterocycles. The van der Waals surface area contributed by atoms with Crippen LogP contribution < -0.4 is 5.73 Å². The van der Waals surface area contributed by atoms with E-state index < -0.39 is 17.7 Å². The van der Waals surface area contributed by atoms with Crippen molar-refractivity contribution in [3.05, 3.63) is 70.5 Å². The molecule has 0 amide bonds. The molecule has 0 aliphatic rings. The van der Waals surface area contributed by atoms with Gasteiger partial charge in [0.2, 0.25) is 0 Å². The lowest BCUT2D eigenvalue weighted by Gasteiger charge is -2.14. The predicted molar refractivity (Wildman–Crippen MR) is 68.1 cm³/mol. The Morgan fingerprint density at radius 2 is 1.68 bits per heavy atom. The van der Waals surface area contributed by atoms with Crippen molar-refractivity contribution in [2.45, 2.75) is 19.4 Å². The van der Waals surface area contributed by atoms with Gasteiger partial charge in [-0.1, -0.05) is 18.2 Å². The first kappa shape index (κ1) is 13.6. The second-order valence-corrected chi connectivity index (χ2v) is 4.52. The number of benzene rings is 2. The lowest BCUT2D eigenvalue weighted by atomic mass is 9.97. The number of rotatable bonds is 3. The third-order valence-electron chi connectivity index (χ3n) is 3.08. The summed E-state index contributed by atoms with van der Waals surface area (Å²) in [5.74, 6) is -1.69. The first-order valence-electron chi connectivity index (χ1n) is 5.93. The molecule has 2 aromatic carbocycles. The fraction of sp³-hybridized carbons (Fsp3) is 0.200. The van der Waals surface area contributed by atoms with Crippen molar-refractivity contribution < 1.29 is 13.2 Å². The number of nitrogens with two attached hydrogens (primary N) is 1. The summed E-state index contributed by atoms with van der Waals surface area (Å²) < 4.78 is 40.3. The van der Waals surface area contributed by atoms with Gasteiger partial charge in [-0.15, -0.1) is 0 Å². The molecule has 0 bridgehead atoms. The van der Waals surface area contributed by atoms with Crippen LogP contribution in [0.15, 0.2) is 36.4 Å². The molecule has 19 heavy (non-hydrogen) atoms. The second kappa shape index (κ2) is 5.45. The van der Waals surface area contributed by atoms with E-state index in [1.165, 1.54) is 19.1 Å². The van der Waals surface area contributed by atoms with Crippen molar-refractivity contribution in [2.24, 2.45) is 5.73 Å². The van der Waals surface area contributed by atoms with Crippen LogP contribution in [-0.2, 0) is 6.42 Å². The van der Waals surface area contributed by atoms with Gasteiger partial charge in [0.15, 0.2) is 0 Å². The molecule has 0 aliphatic carbocycles. The summed E-state index contributed by atoms with van der Waals surface area (Å²) in [4.78, 5) is 0. The highest BCUT2D eigenvalue weighted by Gasteiger charge is 2.16. The Morgan fingerprint density at radius 1 is 1.00 bits per heavy atom. The maximum Gasteiger partial charge on any atom is 0.130 e. The van der Waals surface area contributed by atoms with E-state index in [9.17, 15) is 13.2 Å². The zero-order chi connectivity index (χ0) is 14.0. The van der Waals surface area contributed by atoms with Crippen LogP contribution in [0, 0.1) is 24.4 Å². The Kier molecular flexibility index (Phi) is 3.90. The van der Waals surface area contributed by atoms with Crippen molar-refractivity contribution in [3.63, 3.8) is 0 Å². The number of aryl methyl sites for hydroxylation is 1. The summed E-state index contributed by atoms with van der Waals surface area (Å²) in [6.07, 6.45) is 0.161. The monoisotopic (exact) mass is 265 g/mol. The molecule has 0 aliphatic heterocycles. The molecule has 1 unspecified atom stereocenters. The third kappa shape index (κ3) is 2.96. The molecule has 4 heteroatoms. The van der Waals surface area contributed by atoms with Crippen LogP contribution in [0.2, 0.25) is 0 Å². The molecule has 2 rings (SSSR count). The van der Waals surface area contributed by atoms with Crippen molar-refractivity contribution in [1.82, 2.24) is 0 Å². The molecule has 0 fully saturated rings. The summed E-state index contributed by atoms with van der Waals surface area (Å²) >= 11 is 0. The molecule has 100 valence electrons. The second-order valence-electron chi connectivity index (χ2n) is 4.52. The fourth-order valence-electron chi connectivity index (χ4n) is 1.97. The van der Waals surface area contributed by atoms with Gasteiger partial charge in [-0.3, -0.25) is 0 Å². The van der Waals surface area contributed by atoms with Crippen LogP contribution in [0.5, 0.6) is 0 Å². The molecule has 0 saturated heterocycles. The van der Waals surface area contributed by atoms with Gasteiger partial charge in [0.05, 0.1) is 0 Å². The molecular formula is C15H14F3N. The lowest BCUT2D eigenvalue weighted by molar-refractivity contribution is 0.543. The highest BCUT2D eigenvalue weighted by molar-refractivity contribution is 5.30. The van der Waals surface area contributed by atoms with Crippen LogP contribution in [0.3, 0.4) is 0 Å². The SMILES string of the molecule is Cc1cc(C(N)Cc2ccccc2F)c(F)cc1F. The molecular weight excluding hydrogens is 251 g/mol. The number of hydrogen-bond donors (Lipinski definition) is 1. The van der Waals surface area contributed by atoms with Crippen molar-refractivity contribution in [3.8, 4) is 0 Å². The molecule has 2 N–H and O–H groups in total. The molecule has 1 nitrogen and oxygen atoms in total. The Hall–Kier alpha value is -1.81. The average Bonchev–Trinajstić information content (AvgIpc) is 2.36. The Balaban J connectivity index is 2.28. The summed E-state index contributed by atoms with van der Waals surface area (Å²) in [6, 6.07) is 7.67. The van der Waals surface area contributed by atoms with E-state index in [2.05, 4.69) is 0 Å². The molecule has 2 aromatic rings. The minimum atomic E-state index is -0.712. The van der Waals surface area contributed by atoms with Gasteiger partial charge in [-0.05, 0) is 36.6 Å². The fourth-order valence-corrected chi connectivity index (χ4v) is 1.97. The van der Waals surface area contributed by atoms with E-state index in [1.54, 1.807) is 18.2 Å². The summed E-state index contributed by atoms with van der Waals surface area (Å²) in [6.45, 7) is 1.54. The molecule has 0 saturated carbocycles. The van der Waals surface area contributed by atoms with E-state index in [4.69, 9.17) is 5.73 Å². The van der Waals surface area contributed by atoms with Gasteiger partial charge in [-0.2, -0.15) is 0 Å². The van der Waals surface area contributed by atoms with Gasteiger partial charge in [0.25, 0.3) is 0 Å². The average molecular weight is 265 g/mol. The van der Waals surface area contributed by atoms with Crippen molar-refractivity contribution in [2.75, 3.05) is 0 Å². The quantitative estimate of drug-likeness (QED) is 0.900. The van der Waals surface area contributed by atoms with Crippen LogP contribution in [-0.4, -0.2) is 0 Å². The van der Waals surface area contributed by atoms with E-state index in [0.29, 0.717) is 11.1 Å². The topological polar surface area (TPSA) is 26.0 Å². The minimum Gasteiger partial charge on any atom is -0.324 e. The summed E-state index contributed by atoms with van der Waals surface area (Å²) in [7, 11) is 0. The number of halogens is 3. The lowest BCUT2D eigenvalue weighted by Crippen LogP contribution is -2.16. The highest BCUT2D eigenvalue weighted by atomic mass is 19.1. The van der Waals surface area contributed by atoms with E-state index >= 15 is 0 Å². The van der Waals surface area contributed by atoms with Crippen LogP contribution in [0.25, 0.3) is 0 Å². The normalized spacial score (nSPS) is 12.5. The van der Waals surface area contributed by atoms with Crippen LogP contribution in [0.1, 0.15) is 22.7 Å².